The molecule has 0 unspecified atom stereocenters. The number of nitrogens with one attached hydrogen (secondary N) is 1. The molecule has 1 saturated carbocycles. The largest absolute Gasteiger partial charge is 0.493 e. The molecule has 0 radical (unpaired) electrons. The molecule has 28 heavy (non-hydrogen) atoms. The zero-order valence-electron chi connectivity index (χ0n) is 16.5. The smallest absolute Gasteiger partial charge is 0.217 e. The first-order valence-electron chi connectivity index (χ1n) is 10.3. The van der Waals surface area contributed by atoms with Crippen LogP contribution in [0.15, 0.2) is 18.2 Å². The summed E-state index contributed by atoms with van der Waals surface area (Å²) < 4.78 is 5.95. The number of likely N-dealkylation sites (tertiary alicyclic amines) is 1. The van der Waals surface area contributed by atoms with Gasteiger partial charge in [0.25, 0.3) is 0 Å². The van der Waals surface area contributed by atoms with Crippen molar-refractivity contribution in [3.05, 3.63) is 29.3 Å². The van der Waals surface area contributed by atoms with Crippen LogP contribution >= 0.6 is 12.4 Å². The monoisotopic (exact) mass is 403 g/mol. The lowest BCUT2D eigenvalue weighted by atomic mass is 9.84. The van der Waals surface area contributed by atoms with Gasteiger partial charge in [0.05, 0.1) is 18.2 Å². The van der Waals surface area contributed by atoms with E-state index in [1.165, 1.54) is 24.8 Å². The average Bonchev–Trinajstić information content (AvgIpc) is 3.10. The predicted molar refractivity (Wildman–Crippen MR) is 111 cm³/mol. The van der Waals surface area contributed by atoms with E-state index in [0.717, 1.165) is 56.3 Å². The van der Waals surface area contributed by atoms with Crippen molar-refractivity contribution in [3.63, 3.8) is 0 Å². The van der Waals surface area contributed by atoms with E-state index in [-0.39, 0.29) is 18.3 Å². The molecule has 2 fully saturated rings. The van der Waals surface area contributed by atoms with Gasteiger partial charge in [-0.1, -0.05) is 0 Å². The van der Waals surface area contributed by atoms with Gasteiger partial charge in [0, 0.05) is 43.5 Å². The molecule has 152 valence electrons. The van der Waals surface area contributed by atoms with Gasteiger partial charge in [-0.05, 0) is 62.8 Å². The third-order valence-corrected chi connectivity index (χ3v) is 6.62. The van der Waals surface area contributed by atoms with Gasteiger partial charge >= 0.3 is 0 Å². The van der Waals surface area contributed by atoms with Crippen molar-refractivity contribution in [2.45, 2.75) is 51.0 Å². The van der Waals surface area contributed by atoms with Crippen LogP contribution in [0, 0.1) is 23.2 Å². The number of carbonyl (C=O) groups is 1. The first-order chi connectivity index (χ1) is 13.1. The second-order valence-electron chi connectivity index (χ2n) is 8.51. The lowest BCUT2D eigenvalue weighted by Crippen LogP contribution is -2.36. The van der Waals surface area contributed by atoms with Crippen molar-refractivity contribution >= 4 is 18.3 Å². The molecule has 1 amide bonds. The Bertz CT molecular complexity index is 740. The molecular formula is C22H30ClN3O2. The van der Waals surface area contributed by atoms with Crippen molar-refractivity contribution in [1.29, 1.82) is 5.26 Å². The van der Waals surface area contributed by atoms with E-state index in [9.17, 15) is 10.1 Å². The van der Waals surface area contributed by atoms with E-state index >= 15 is 0 Å². The molecular weight excluding hydrogens is 374 g/mol. The highest BCUT2D eigenvalue weighted by Gasteiger charge is 2.38. The lowest BCUT2D eigenvalue weighted by molar-refractivity contribution is -0.119. The topological polar surface area (TPSA) is 65.4 Å². The fourth-order valence-corrected chi connectivity index (χ4v) is 5.15. The lowest BCUT2D eigenvalue weighted by Gasteiger charge is -2.30. The number of hydrogen-bond acceptors (Lipinski definition) is 4. The van der Waals surface area contributed by atoms with Gasteiger partial charge in [-0.25, -0.2) is 0 Å². The van der Waals surface area contributed by atoms with Crippen LogP contribution in [0.1, 0.15) is 56.1 Å². The van der Waals surface area contributed by atoms with E-state index in [1.54, 1.807) is 6.92 Å². The Kier molecular flexibility index (Phi) is 6.85. The Morgan fingerprint density at radius 2 is 2.07 bits per heavy atom. The minimum atomic E-state index is 0. The van der Waals surface area contributed by atoms with Crippen LogP contribution in [0.5, 0.6) is 5.75 Å². The van der Waals surface area contributed by atoms with Crippen molar-refractivity contribution in [1.82, 2.24) is 10.2 Å². The first-order valence-corrected chi connectivity index (χ1v) is 10.3. The van der Waals surface area contributed by atoms with Crippen LogP contribution in [0.3, 0.4) is 0 Å². The van der Waals surface area contributed by atoms with Crippen molar-refractivity contribution in [2.75, 3.05) is 26.2 Å². The summed E-state index contributed by atoms with van der Waals surface area (Å²) in [6.45, 7) is 5.73. The maximum Gasteiger partial charge on any atom is 0.217 e. The number of nitrogens with zero attached hydrogens (tertiary/aromatic N) is 2. The number of benzene rings is 1. The third kappa shape index (κ3) is 4.61. The maximum absolute atomic E-state index is 11.2. The highest BCUT2D eigenvalue weighted by atomic mass is 35.5. The zero-order valence-corrected chi connectivity index (χ0v) is 17.3. The zero-order chi connectivity index (χ0) is 18.8. The predicted octanol–water partition coefficient (Wildman–Crippen LogP) is 3.47. The molecule has 1 N–H and O–H groups in total. The van der Waals surface area contributed by atoms with Gasteiger partial charge in [-0.2, -0.15) is 5.26 Å². The molecule has 0 bridgehead atoms. The fourth-order valence-electron chi connectivity index (χ4n) is 5.15. The van der Waals surface area contributed by atoms with Gasteiger partial charge in [-0.3, -0.25) is 4.79 Å². The summed E-state index contributed by atoms with van der Waals surface area (Å²) in [4.78, 5) is 13.8. The molecule has 1 aromatic rings. The van der Waals surface area contributed by atoms with Crippen LogP contribution in [-0.4, -0.2) is 43.1 Å². The second kappa shape index (κ2) is 9.15. The van der Waals surface area contributed by atoms with Crippen LogP contribution in [0.25, 0.3) is 0 Å². The number of ether oxygens (including phenoxy) is 1. The van der Waals surface area contributed by atoms with Gasteiger partial charge in [0.15, 0.2) is 0 Å². The van der Waals surface area contributed by atoms with Crippen LogP contribution in [0.4, 0.5) is 0 Å². The van der Waals surface area contributed by atoms with E-state index < -0.39 is 0 Å². The Balaban J connectivity index is 0.00000225. The number of hydrogen-bond donors (Lipinski definition) is 1. The summed E-state index contributed by atoms with van der Waals surface area (Å²) >= 11 is 0. The molecule has 0 aromatic heterocycles. The SMILES string of the molecule is CC(=O)NC1CCC(CCN2C[C@H]3COc4ccc(C#N)cc4[C@@H]3C2)CC1.Cl. The van der Waals surface area contributed by atoms with E-state index in [1.807, 2.05) is 18.2 Å². The molecule has 1 saturated heterocycles. The molecule has 4 rings (SSSR count). The summed E-state index contributed by atoms with van der Waals surface area (Å²) in [5, 5.41) is 12.3. The number of rotatable bonds is 4. The van der Waals surface area contributed by atoms with E-state index in [4.69, 9.17) is 4.74 Å². The first kappa shape index (κ1) is 21.0. The Morgan fingerprint density at radius 1 is 1.29 bits per heavy atom. The van der Waals surface area contributed by atoms with Crippen LogP contribution in [-0.2, 0) is 4.79 Å². The van der Waals surface area contributed by atoms with Gasteiger partial charge in [-0.15, -0.1) is 12.4 Å². The average molecular weight is 404 g/mol. The number of carbonyl (C=O) groups excluding carboxylic acids is 1. The van der Waals surface area contributed by atoms with Crippen molar-refractivity contribution in [3.8, 4) is 11.8 Å². The molecule has 2 aliphatic heterocycles. The minimum Gasteiger partial charge on any atom is -0.493 e. The third-order valence-electron chi connectivity index (χ3n) is 6.62. The molecule has 2 atom stereocenters. The number of amides is 1. The summed E-state index contributed by atoms with van der Waals surface area (Å²) in [6, 6.07) is 8.48. The summed E-state index contributed by atoms with van der Waals surface area (Å²) in [5.74, 6) is 2.89. The van der Waals surface area contributed by atoms with Gasteiger partial charge in [0.1, 0.15) is 5.75 Å². The number of fused-ring (bicyclic) bond motifs is 3. The summed E-state index contributed by atoms with van der Waals surface area (Å²) in [5.41, 5.74) is 1.95. The number of nitriles is 1. The van der Waals surface area contributed by atoms with E-state index in [2.05, 4.69) is 16.3 Å². The summed E-state index contributed by atoms with van der Waals surface area (Å²) in [7, 11) is 0. The van der Waals surface area contributed by atoms with Crippen LogP contribution < -0.4 is 10.1 Å². The van der Waals surface area contributed by atoms with Crippen molar-refractivity contribution < 1.29 is 9.53 Å². The maximum atomic E-state index is 11.2. The molecule has 3 aliphatic rings. The summed E-state index contributed by atoms with van der Waals surface area (Å²) in [6.07, 6.45) is 5.94. The van der Waals surface area contributed by atoms with Gasteiger partial charge < -0.3 is 15.0 Å². The minimum absolute atomic E-state index is 0. The number of halogens is 1. The Labute approximate surface area is 173 Å². The quantitative estimate of drug-likeness (QED) is 0.835. The molecule has 0 spiro atoms. The van der Waals surface area contributed by atoms with Crippen LogP contribution in [0.2, 0.25) is 0 Å². The molecule has 1 aliphatic carbocycles. The van der Waals surface area contributed by atoms with E-state index in [0.29, 0.717) is 17.9 Å². The molecule has 1 aromatic carbocycles. The Morgan fingerprint density at radius 3 is 2.79 bits per heavy atom. The standard InChI is InChI=1S/C22H29N3O2.ClH/c1-15(26)24-19-5-2-16(3-6-19)8-9-25-12-18-14-27-22-7-4-17(11-23)10-20(22)21(18)13-25;/h4,7,10,16,18-19,21H,2-3,5-6,8-9,12-14H2,1H3,(H,24,26);1H/t16?,18-,19?,21+;/m0./s1. The highest BCUT2D eigenvalue weighted by molar-refractivity contribution is 5.85. The molecule has 6 heteroatoms. The highest BCUT2D eigenvalue weighted by Crippen LogP contribution is 2.42. The van der Waals surface area contributed by atoms with Gasteiger partial charge in [0.2, 0.25) is 5.91 Å². The second-order valence-corrected chi connectivity index (χ2v) is 8.51. The molecule has 2 heterocycles. The molecule has 5 nitrogen and oxygen atoms in total. The normalized spacial score (nSPS) is 28.9. The Hall–Kier alpha value is -1.77. The van der Waals surface area contributed by atoms with Crippen molar-refractivity contribution in [2.24, 2.45) is 11.8 Å². The fraction of sp³-hybridized carbons (Fsp3) is 0.636.